The number of thiophene rings is 1. The molecule has 4 aromatic rings. The van der Waals surface area contributed by atoms with Gasteiger partial charge < -0.3 is 19.8 Å². The van der Waals surface area contributed by atoms with Crippen LogP contribution in [-0.4, -0.2) is 62.1 Å². The van der Waals surface area contributed by atoms with Crippen LogP contribution in [0, 0.1) is 12.3 Å². The number of nitrogens with zero attached hydrogens (tertiary/aromatic N) is 5. The molecule has 0 bridgehead atoms. The summed E-state index contributed by atoms with van der Waals surface area (Å²) in [7, 11) is 0. The zero-order valence-electron chi connectivity index (χ0n) is 20.9. The summed E-state index contributed by atoms with van der Waals surface area (Å²) in [5.74, 6) is 0.0179. The van der Waals surface area contributed by atoms with Crippen LogP contribution >= 0.6 is 11.3 Å². The van der Waals surface area contributed by atoms with Crippen molar-refractivity contribution in [3.63, 3.8) is 0 Å². The molecule has 0 unspecified atom stereocenters. The zero-order chi connectivity index (χ0) is 27.1. The van der Waals surface area contributed by atoms with Gasteiger partial charge in [0, 0.05) is 41.7 Å². The maximum absolute atomic E-state index is 13.3. The summed E-state index contributed by atoms with van der Waals surface area (Å²) in [5, 5.41) is 21.5. The number of carbonyl (C=O) groups is 1. The lowest BCUT2D eigenvalue weighted by Gasteiger charge is -2.63. The first kappa shape index (κ1) is 24.6. The highest BCUT2D eigenvalue weighted by molar-refractivity contribution is 7.16. The number of aryl methyl sites for hydroxylation is 1. The van der Waals surface area contributed by atoms with Crippen molar-refractivity contribution in [3.8, 4) is 10.7 Å². The second-order valence-corrected chi connectivity index (χ2v) is 12.4. The molecule has 13 heteroatoms. The number of amides is 1. The fourth-order valence-corrected chi connectivity index (χ4v) is 7.00. The number of aliphatic hydroxyl groups is 1. The van der Waals surface area contributed by atoms with Crippen LogP contribution in [0.4, 0.5) is 24.5 Å². The Morgan fingerprint density at radius 2 is 2.10 bits per heavy atom. The van der Waals surface area contributed by atoms with Crippen LogP contribution in [0.2, 0.25) is 0 Å². The van der Waals surface area contributed by atoms with Crippen LogP contribution in [-0.2, 0) is 0 Å². The van der Waals surface area contributed by atoms with E-state index in [2.05, 4.69) is 25.5 Å². The normalized spacial score (nSPS) is 22.8. The molecule has 3 aliphatic rings. The average Bonchev–Trinajstić information content (AvgIpc) is 3.22. The van der Waals surface area contributed by atoms with Gasteiger partial charge in [0.2, 0.25) is 18.1 Å². The van der Waals surface area contributed by atoms with E-state index < -0.39 is 24.6 Å². The van der Waals surface area contributed by atoms with Crippen molar-refractivity contribution in [2.75, 3.05) is 23.3 Å². The van der Waals surface area contributed by atoms with Gasteiger partial charge in [-0.05, 0) is 44.4 Å². The Morgan fingerprint density at radius 1 is 1.33 bits per heavy atom. The largest absolute Gasteiger partial charge is 0.390 e. The average molecular weight is 559 g/mol. The van der Waals surface area contributed by atoms with E-state index >= 15 is 0 Å². The van der Waals surface area contributed by atoms with Gasteiger partial charge in [0.05, 0.1) is 39.4 Å². The smallest absolute Gasteiger partial charge is 0.259 e. The quantitative estimate of drug-likeness (QED) is 0.335. The topological polar surface area (TPSA) is 109 Å². The summed E-state index contributed by atoms with van der Waals surface area (Å²) >= 11 is 1.40. The molecule has 1 amide bonds. The van der Waals surface area contributed by atoms with Gasteiger partial charge in [-0.2, -0.15) is 10.1 Å². The third kappa shape index (κ3) is 4.27. The van der Waals surface area contributed by atoms with Crippen LogP contribution in [0.15, 0.2) is 35.1 Å². The first-order chi connectivity index (χ1) is 18.6. The predicted molar refractivity (Wildman–Crippen MR) is 137 cm³/mol. The number of hydrogen-bond donors (Lipinski definition) is 2. The molecule has 0 aromatic carbocycles. The highest BCUT2D eigenvalue weighted by Crippen LogP contribution is 2.56. The second-order valence-electron chi connectivity index (χ2n) is 11.2. The molecule has 2 N–H and O–H groups in total. The van der Waals surface area contributed by atoms with E-state index in [9.17, 15) is 23.1 Å². The Bertz CT molecular complexity index is 1580. The molecule has 39 heavy (non-hydrogen) atoms. The molecule has 1 aliphatic heterocycles. The van der Waals surface area contributed by atoms with E-state index in [0.29, 0.717) is 65.7 Å². The monoisotopic (exact) mass is 558 g/mol. The first-order valence-corrected chi connectivity index (χ1v) is 13.5. The van der Waals surface area contributed by atoms with Crippen molar-refractivity contribution in [3.05, 3.63) is 46.9 Å². The Morgan fingerprint density at radius 3 is 2.82 bits per heavy atom. The Labute approximate surface area is 224 Å². The molecule has 2 atom stereocenters. The summed E-state index contributed by atoms with van der Waals surface area (Å²) < 4.78 is 45.6. The van der Waals surface area contributed by atoms with E-state index in [1.54, 1.807) is 16.8 Å². The summed E-state index contributed by atoms with van der Waals surface area (Å²) in [6.07, 6.45) is 0.548. The van der Waals surface area contributed by atoms with Gasteiger partial charge in [-0.15, -0.1) is 11.3 Å². The number of fused-ring (bicyclic) bond motifs is 1. The minimum absolute atomic E-state index is 0.129. The Balaban J connectivity index is 1.05. The van der Waals surface area contributed by atoms with Crippen LogP contribution < -0.4 is 10.2 Å². The van der Waals surface area contributed by atoms with Gasteiger partial charge in [-0.1, -0.05) is 5.16 Å². The first-order valence-electron chi connectivity index (χ1n) is 12.7. The van der Waals surface area contributed by atoms with Crippen molar-refractivity contribution in [1.29, 1.82) is 0 Å². The van der Waals surface area contributed by atoms with Crippen molar-refractivity contribution in [1.82, 2.24) is 19.8 Å². The van der Waals surface area contributed by atoms with Gasteiger partial charge in [-0.25, -0.2) is 17.7 Å². The van der Waals surface area contributed by atoms with E-state index in [-0.39, 0.29) is 17.2 Å². The summed E-state index contributed by atoms with van der Waals surface area (Å²) in [6.45, 7) is 3.22. The molecule has 4 aromatic heterocycles. The number of halogens is 3. The van der Waals surface area contributed by atoms with E-state index in [1.807, 2.05) is 19.1 Å². The van der Waals surface area contributed by atoms with Crippen LogP contribution in [0.25, 0.3) is 16.2 Å². The highest BCUT2D eigenvalue weighted by atomic mass is 32.1. The van der Waals surface area contributed by atoms with Crippen molar-refractivity contribution in [2.45, 2.75) is 56.7 Å². The number of alkyl halides is 3. The Hall–Kier alpha value is -3.45. The maximum Gasteiger partial charge on any atom is 0.259 e. The number of pyridine rings is 1. The summed E-state index contributed by atoms with van der Waals surface area (Å²) in [4.78, 5) is 21.3. The number of rotatable bonds is 7. The molecule has 204 valence electrons. The molecular formula is C26H25F3N6O3S. The zero-order valence-corrected chi connectivity index (χ0v) is 21.7. The molecule has 1 saturated heterocycles. The van der Waals surface area contributed by atoms with Gasteiger partial charge >= 0.3 is 0 Å². The van der Waals surface area contributed by atoms with Gasteiger partial charge in [-0.3, -0.25) is 4.79 Å². The van der Waals surface area contributed by atoms with E-state index in [4.69, 9.17) is 4.52 Å². The minimum Gasteiger partial charge on any atom is -0.390 e. The van der Waals surface area contributed by atoms with Crippen molar-refractivity contribution >= 4 is 34.1 Å². The lowest BCUT2D eigenvalue weighted by atomic mass is 9.54. The number of anilines is 2. The molecule has 0 radical (unpaired) electrons. The summed E-state index contributed by atoms with van der Waals surface area (Å²) in [5.41, 5.74) is 1.16. The van der Waals surface area contributed by atoms with Crippen molar-refractivity contribution < 1.29 is 27.6 Å². The summed E-state index contributed by atoms with van der Waals surface area (Å²) in [6, 6.07) is 5.57. The highest BCUT2D eigenvalue weighted by Gasteiger charge is 2.60. The van der Waals surface area contributed by atoms with Gasteiger partial charge in [0.25, 0.3) is 5.91 Å². The lowest BCUT2D eigenvalue weighted by Crippen LogP contribution is -2.68. The number of aromatic nitrogens is 4. The molecule has 3 fully saturated rings. The van der Waals surface area contributed by atoms with Crippen LogP contribution in [0.1, 0.15) is 52.7 Å². The SMILES string of the molecule is Cc1sc(-c2noc([C@H]3C[C@@H]3F)n2)cc1NC(=O)c1cnn2ccc(N3CC4(C3)CC(O)(CC(F)F)C4)cc12. The third-order valence-corrected chi connectivity index (χ3v) is 9.01. The maximum atomic E-state index is 13.3. The lowest BCUT2D eigenvalue weighted by molar-refractivity contribution is -0.161. The number of nitrogens with one attached hydrogen (secondary N) is 1. The molecule has 2 saturated carbocycles. The van der Waals surface area contributed by atoms with E-state index in [0.717, 1.165) is 10.6 Å². The van der Waals surface area contributed by atoms with Gasteiger partial charge in [0.15, 0.2) is 0 Å². The second kappa shape index (κ2) is 8.52. The van der Waals surface area contributed by atoms with Crippen LogP contribution in [0.5, 0.6) is 0 Å². The third-order valence-electron chi connectivity index (χ3n) is 7.97. The fraction of sp³-hybridized carbons (Fsp3) is 0.462. The molecule has 7 rings (SSSR count). The molecular weight excluding hydrogens is 533 g/mol. The molecule has 2 aliphatic carbocycles. The van der Waals surface area contributed by atoms with Gasteiger partial charge in [0.1, 0.15) is 6.17 Å². The van der Waals surface area contributed by atoms with E-state index in [1.165, 1.54) is 17.5 Å². The standard InChI is InChI=1S/C26H25F3N6O3S/c1-13-18(6-20(39-13)22-32-24(38-33-22)15-5-17(15)27)31-23(36)16-8-30-35-3-2-14(4-19(16)35)34-11-25(12-34)9-26(37,10-25)7-21(28)29/h2-4,6,8,15,17,21,37H,5,7,9-12H2,1H3,(H,31,36)/t15-,17-/m0/s1. The number of hydrogen-bond acceptors (Lipinski definition) is 8. The predicted octanol–water partition coefficient (Wildman–Crippen LogP) is 4.82. The minimum atomic E-state index is -2.51. The fourth-order valence-electron chi connectivity index (χ4n) is 6.10. The van der Waals surface area contributed by atoms with Crippen LogP contribution in [0.3, 0.4) is 0 Å². The molecule has 5 heterocycles. The Kier molecular flexibility index (Phi) is 5.37. The molecule has 9 nitrogen and oxygen atoms in total. The van der Waals surface area contributed by atoms with Crippen molar-refractivity contribution in [2.24, 2.45) is 5.41 Å². The number of carbonyl (C=O) groups excluding carboxylic acids is 1. The molecule has 1 spiro atoms.